The number of carbonyl (C=O) groups excluding carboxylic acids is 1. The van der Waals surface area contributed by atoms with Crippen LogP contribution in [0.3, 0.4) is 0 Å². The molecule has 2 N–H and O–H groups in total. The summed E-state index contributed by atoms with van der Waals surface area (Å²) < 4.78 is 14.2. The first-order chi connectivity index (χ1) is 10.4. The maximum absolute atomic E-state index is 14.2. The van der Waals surface area contributed by atoms with Crippen LogP contribution in [0.5, 0.6) is 0 Å². The molecule has 22 heavy (non-hydrogen) atoms. The Kier molecular flexibility index (Phi) is 4.93. The van der Waals surface area contributed by atoms with Crippen LogP contribution in [0, 0.1) is 19.7 Å². The average molecular weight is 301 g/mol. The zero-order valence-electron chi connectivity index (χ0n) is 13.0. The van der Waals surface area contributed by atoms with Crippen LogP contribution in [0.4, 0.5) is 4.39 Å². The van der Waals surface area contributed by atoms with Crippen LogP contribution < -0.4 is 5.32 Å². The third-order valence-electron chi connectivity index (χ3n) is 3.61. The number of aliphatic hydroxyl groups excluding tert-OH is 1. The summed E-state index contributed by atoms with van der Waals surface area (Å²) in [6.45, 7) is 5.68. The van der Waals surface area contributed by atoms with Gasteiger partial charge in [-0.15, -0.1) is 0 Å². The Morgan fingerprint density at radius 1 is 1.14 bits per heavy atom. The van der Waals surface area contributed by atoms with E-state index in [2.05, 4.69) is 5.32 Å². The number of rotatable bonds is 4. The lowest BCUT2D eigenvalue weighted by Crippen LogP contribution is -2.31. The fourth-order valence-electron chi connectivity index (χ4n) is 2.14. The van der Waals surface area contributed by atoms with Gasteiger partial charge in [-0.1, -0.05) is 24.3 Å². The fourth-order valence-corrected chi connectivity index (χ4v) is 2.14. The van der Waals surface area contributed by atoms with Gasteiger partial charge in [0.15, 0.2) is 0 Å². The van der Waals surface area contributed by atoms with Gasteiger partial charge >= 0.3 is 0 Å². The third-order valence-corrected chi connectivity index (χ3v) is 3.61. The maximum atomic E-state index is 14.2. The van der Waals surface area contributed by atoms with E-state index in [9.17, 15) is 9.18 Å². The van der Waals surface area contributed by atoms with E-state index < -0.39 is 17.8 Å². The molecular formula is C18H20FNO2. The van der Waals surface area contributed by atoms with E-state index in [-0.39, 0.29) is 12.1 Å². The number of aryl methyl sites for hydroxylation is 2. The summed E-state index contributed by atoms with van der Waals surface area (Å²) in [6.07, 6.45) is -0.665. The summed E-state index contributed by atoms with van der Waals surface area (Å²) in [5.74, 6) is -1.09. The predicted octanol–water partition coefficient (Wildman–Crippen LogP) is 3.22. The number of hydrogen-bond acceptors (Lipinski definition) is 2. The minimum atomic E-state index is -0.665. The molecule has 4 heteroatoms. The smallest absolute Gasteiger partial charge is 0.254 e. The molecule has 0 heterocycles. The molecule has 0 bridgehead atoms. The second-order valence-corrected chi connectivity index (χ2v) is 5.55. The highest BCUT2D eigenvalue weighted by Gasteiger charge is 2.13. The van der Waals surface area contributed by atoms with Gasteiger partial charge in [0.05, 0.1) is 11.7 Å². The molecule has 2 aromatic carbocycles. The zero-order valence-corrected chi connectivity index (χ0v) is 13.0. The van der Waals surface area contributed by atoms with Gasteiger partial charge in [0.2, 0.25) is 0 Å². The van der Waals surface area contributed by atoms with Crippen molar-refractivity contribution in [3.63, 3.8) is 0 Å². The van der Waals surface area contributed by atoms with Crippen LogP contribution in [0.15, 0.2) is 36.4 Å². The van der Waals surface area contributed by atoms with Crippen molar-refractivity contribution in [1.82, 2.24) is 5.32 Å². The quantitative estimate of drug-likeness (QED) is 0.911. The van der Waals surface area contributed by atoms with E-state index in [1.165, 1.54) is 17.7 Å². The summed E-state index contributed by atoms with van der Waals surface area (Å²) in [6, 6.07) is 10.5. The molecule has 1 amide bonds. The van der Waals surface area contributed by atoms with Gasteiger partial charge in [-0.05, 0) is 55.2 Å². The first-order valence-corrected chi connectivity index (χ1v) is 7.22. The molecule has 1 unspecified atom stereocenters. The Morgan fingerprint density at radius 2 is 1.77 bits per heavy atom. The van der Waals surface area contributed by atoms with Crippen molar-refractivity contribution >= 4 is 5.91 Å². The minimum Gasteiger partial charge on any atom is -0.392 e. The lowest BCUT2D eigenvalue weighted by Gasteiger charge is -2.10. The molecule has 2 aromatic rings. The first kappa shape index (κ1) is 16.2. The summed E-state index contributed by atoms with van der Waals surface area (Å²) in [7, 11) is 0. The molecule has 0 aliphatic heterocycles. The number of hydrogen-bond donors (Lipinski definition) is 2. The molecule has 3 nitrogen and oxygen atoms in total. The van der Waals surface area contributed by atoms with Crippen LogP contribution in [-0.2, 0) is 0 Å². The molecule has 0 fully saturated rings. The van der Waals surface area contributed by atoms with Crippen molar-refractivity contribution in [2.45, 2.75) is 26.9 Å². The maximum Gasteiger partial charge on any atom is 0.254 e. The van der Waals surface area contributed by atoms with Crippen LogP contribution in [0.1, 0.15) is 28.4 Å². The number of benzene rings is 2. The molecule has 0 aliphatic carbocycles. The minimum absolute atomic E-state index is 0.0202. The largest absolute Gasteiger partial charge is 0.392 e. The predicted molar refractivity (Wildman–Crippen MR) is 85.3 cm³/mol. The summed E-state index contributed by atoms with van der Waals surface area (Å²) >= 11 is 0. The fraction of sp³-hybridized carbons (Fsp3) is 0.278. The van der Waals surface area contributed by atoms with Gasteiger partial charge in [0.25, 0.3) is 5.91 Å². The summed E-state index contributed by atoms with van der Waals surface area (Å²) in [4.78, 5) is 11.9. The third kappa shape index (κ3) is 3.71. The average Bonchev–Trinajstić information content (AvgIpc) is 2.47. The van der Waals surface area contributed by atoms with Crippen LogP contribution in [0.25, 0.3) is 11.1 Å². The second kappa shape index (κ2) is 6.71. The van der Waals surface area contributed by atoms with Crippen molar-refractivity contribution in [1.29, 1.82) is 0 Å². The van der Waals surface area contributed by atoms with E-state index in [4.69, 9.17) is 5.11 Å². The van der Waals surface area contributed by atoms with Crippen molar-refractivity contribution in [2.75, 3.05) is 6.54 Å². The molecule has 0 aliphatic rings. The Hall–Kier alpha value is -2.20. The molecule has 1 atom stereocenters. The molecular weight excluding hydrogens is 281 g/mol. The number of halogens is 1. The normalized spacial score (nSPS) is 12.0. The highest BCUT2D eigenvalue weighted by molar-refractivity contribution is 5.95. The van der Waals surface area contributed by atoms with Crippen LogP contribution in [0.2, 0.25) is 0 Å². The Morgan fingerprint density at radius 3 is 2.36 bits per heavy atom. The molecule has 0 spiro atoms. The van der Waals surface area contributed by atoms with Crippen molar-refractivity contribution in [2.24, 2.45) is 0 Å². The van der Waals surface area contributed by atoms with Gasteiger partial charge in [-0.25, -0.2) is 4.39 Å². The second-order valence-electron chi connectivity index (χ2n) is 5.55. The summed E-state index contributed by atoms with van der Waals surface area (Å²) in [5.41, 5.74) is 3.94. The Bertz CT molecular complexity index is 695. The van der Waals surface area contributed by atoms with E-state index in [1.807, 2.05) is 32.0 Å². The van der Waals surface area contributed by atoms with E-state index >= 15 is 0 Å². The van der Waals surface area contributed by atoms with Gasteiger partial charge in [0.1, 0.15) is 5.82 Å². The standard InChI is InChI=1S/C18H20FNO2/c1-11-4-5-14(8-12(11)2)15-6-7-16(17(19)9-15)18(22)20-10-13(3)21/h4-9,13,21H,10H2,1-3H3,(H,20,22). The number of aliphatic hydroxyl groups is 1. The van der Waals surface area contributed by atoms with Crippen molar-refractivity contribution < 1.29 is 14.3 Å². The van der Waals surface area contributed by atoms with Gasteiger partial charge in [-0.2, -0.15) is 0 Å². The molecule has 0 saturated heterocycles. The molecule has 0 saturated carbocycles. The monoisotopic (exact) mass is 301 g/mol. The zero-order chi connectivity index (χ0) is 16.3. The molecule has 0 aromatic heterocycles. The lowest BCUT2D eigenvalue weighted by atomic mass is 9.99. The van der Waals surface area contributed by atoms with Crippen molar-refractivity contribution in [3.05, 3.63) is 58.9 Å². The SMILES string of the molecule is Cc1ccc(-c2ccc(C(=O)NCC(C)O)c(F)c2)cc1C. The van der Waals surface area contributed by atoms with Gasteiger partial charge < -0.3 is 10.4 Å². The molecule has 0 radical (unpaired) electrons. The first-order valence-electron chi connectivity index (χ1n) is 7.22. The van der Waals surface area contributed by atoms with Gasteiger partial charge in [0, 0.05) is 6.54 Å². The van der Waals surface area contributed by atoms with Crippen molar-refractivity contribution in [3.8, 4) is 11.1 Å². The number of amides is 1. The van der Waals surface area contributed by atoms with E-state index in [0.29, 0.717) is 0 Å². The highest BCUT2D eigenvalue weighted by atomic mass is 19.1. The van der Waals surface area contributed by atoms with E-state index in [1.54, 1.807) is 13.0 Å². The lowest BCUT2D eigenvalue weighted by molar-refractivity contribution is 0.0920. The Labute approximate surface area is 129 Å². The molecule has 2 rings (SSSR count). The van der Waals surface area contributed by atoms with E-state index in [0.717, 1.165) is 16.7 Å². The summed E-state index contributed by atoms with van der Waals surface area (Å²) in [5, 5.41) is 11.6. The highest BCUT2D eigenvalue weighted by Crippen LogP contribution is 2.24. The molecule has 116 valence electrons. The topological polar surface area (TPSA) is 49.3 Å². The van der Waals surface area contributed by atoms with Crippen LogP contribution in [-0.4, -0.2) is 23.7 Å². The Balaban J connectivity index is 2.25. The number of nitrogens with one attached hydrogen (secondary N) is 1. The van der Waals surface area contributed by atoms with Gasteiger partial charge in [-0.3, -0.25) is 4.79 Å². The van der Waals surface area contributed by atoms with Crippen LogP contribution >= 0.6 is 0 Å². The number of carbonyl (C=O) groups is 1.